The molecule has 0 aliphatic carbocycles. The minimum Gasteiger partial charge on any atom is -0.311 e. The first kappa shape index (κ1) is 33.7. The van der Waals surface area contributed by atoms with Gasteiger partial charge in [-0.3, -0.25) is 0 Å². The molecule has 0 saturated heterocycles. The molecule has 1 heterocycles. The molecule has 0 bridgehead atoms. The second kappa shape index (κ2) is 14.4. The fraction of sp³-hybridized carbons (Fsp3) is 0. The Morgan fingerprint density at radius 2 is 0.589 bits per heavy atom. The van der Waals surface area contributed by atoms with E-state index in [1.165, 1.54) is 64.1 Å². The van der Waals surface area contributed by atoms with Gasteiger partial charge < -0.3 is 4.90 Å². The predicted octanol–water partition coefficient (Wildman–Crippen LogP) is 15.5. The van der Waals surface area contributed by atoms with E-state index in [9.17, 15) is 0 Å². The van der Waals surface area contributed by atoms with Crippen molar-refractivity contribution in [3.8, 4) is 44.5 Å². The highest BCUT2D eigenvalue weighted by molar-refractivity contribution is 8.34. The fourth-order valence-electron chi connectivity index (χ4n) is 8.27. The van der Waals surface area contributed by atoms with Crippen LogP contribution < -0.4 is 4.90 Å². The maximum absolute atomic E-state index is 2.42. The van der Waals surface area contributed by atoms with Crippen LogP contribution in [-0.2, 0) is 0 Å². The van der Waals surface area contributed by atoms with Gasteiger partial charge in [-0.1, -0.05) is 158 Å². The lowest BCUT2D eigenvalue weighted by atomic mass is 9.98. The van der Waals surface area contributed by atoms with Crippen molar-refractivity contribution in [2.75, 3.05) is 4.90 Å². The van der Waals surface area contributed by atoms with E-state index in [4.69, 9.17) is 0 Å². The lowest BCUT2D eigenvalue weighted by Crippen LogP contribution is -2.09. The van der Waals surface area contributed by atoms with Gasteiger partial charge in [-0.2, -0.15) is 0 Å². The van der Waals surface area contributed by atoms with Gasteiger partial charge in [0, 0.05) is 36.6 Å². The van der Waals surface area contributed by atoms with E-state index in [0.717, 1.165) is 17.1 Å². The fourth-order valence-corrected chi connectivity index (χ4v) is 12.5. The standard InChI is InChI=1S/C54H39NS/c1-5-15-40(16-6-1)42-25-32-46(33-26-42)55(47-34-27-43(28-35-47)41-17-7-2-8-18-41)48-36-29-44(30-37-48)45-31-38-54-52(39-45)51-23-13-14-24-53(51)56(54,49-19-9-3-10-20-49)50-21-11-4-12-22-50/h1-39H. The summed E-state index contributed by atoms with van der Waals surface area (Å²) >= 11 is 0. The first-order chi connectivity index (χ1) is 27.8. The van der Waals surface area contributed by atoms with Crippen LogP contribution in [-0.4, -0.2) is 0 Å². The monoisotopic (exact) mass is 733 g/mol. The molecule has 0 fully saturated rings. The molecule has 2 heteroatoms. The summed E-state index contributed by atoms with van der Waals surface area (Å²) in [5.41, 5.74) is 13.2. The van der Waals surface area contributed by atoms with E-state index < -0.39 is 10.0 Å². The number of nitrogens with zero attached hydrogens (tertiary/aromatic N) is 1. The molecule has 0 spiro atoms. The SMILES string of the molecule is c1ccc(-c2ccc(N(c3ccc(-c4ccccc4)cc3)c3ccc(-c4ccc5c(c4)-c4ccccc4S5(c4ccccc4)c4ccccc4)cc3)cc2)cc1. The van der Waals surface area contributed by atoms with Crippen molar-refractivity contribution < 1.29 is 0 Å². The van der Waals surface area contributed by atoms with Crippen LogP contribution in [0.4, 0.5) is 17.1 Å². The van der Waals surface area contributed by atoms with Gasteiger partial charge in [0.05, 0.1) is 0 Å². The molecule has 0 saturated carbocycles. The van der Waals surface area contributed by atoms with E-state index in [-0.39, 0.29) is 0 Å². The molecule has 10 rings (SSSR count). The molecule has 0 unspecified atom stereocenters. The molecule has 1 aliphatic rings. The third-order valence-corrected chi connectivity index (χ3v) is 14.9. The molecular formula is C54H39NS. The van der Waals surface area contributed by atoms with Crippen LogP contribution in [0, 0.1) is 0 Å². The van der Waals surface area contributed by atoms with Gasteiger partial charge in [0.15, 0.2) is 0 Å². The van der Waals surface area contributed by atoms with E-state index in [1.54, 1.807) is 0 Å². The molecule has 9 aromatic carbocycles. The Morgan fingerprint density at radius 3 is 1.05 bits per heavy atom. The zero-order valence-corrected chi connectivity index (χ0v) is 31.7. The summed E-state index contributed by atoms with van der Waals surface area (Å²) in [6, 6.07) is 86.5. The number of anilines is 3. The highest BCUT2D eigenvalue weighted by atomic mass is 32.3. The second-order valence-corrected chi connectivity index (χ2v) is 17.2. The van der Waals surface area contributed by atoms with Crippen LogP contribution in [0.2, 0.25) is 0 Å². The van der Waals surface area contributed by atoms with Crippen LogP contribution >= 0.6 is 10.0 Å². The Labute approximate surface area is 331 Å². The minimum absolute atomic E-state index is 1.11. The summed E-state index contributed by atoms with van der Waals surface area (Å²) in [4.78, 5) is 7.89. The summed E-state index contributed by atoms with van der Waals surface area (Å²) in [6.07, 6.45) is 0. The van der Waals surface area contributed by atoms with Crippen molar-refractivity contribution >= 4 is 27.1 Å². The molecule has 0 amide bonds. The first-order valence-corrected chi connectivity index (χ1v) is 20.8. The number of hydrogen-bond acceptors (Lipinski definition) is 1. The Bertz CT molecular complexity index is 2620. The molecule has 0 N–H and O–H groups in total. The normalized spacial score (nSPS) is 13.0. The summed E-state index contributed by atoms with van der Waals surface area (Å²) in [5.74, 6) is 0. The van der Waals surface area contributed by atoms with Crippen molar-refractivity contribution in [1.82, 2.24) is 0 Å². The van der Waals surface area contributed by atoms with Gasteiger partial charge in [-0.15, -0.1) is 10.0 Å². The predicted molar refractivity (Wildman–Crippen MR) is 236 cm³/mol. The van der Waals surface area contributed by atoms with Crippen LogP contribution in [0.1, 0.15) is 0 Å². The molecule has 9 aromatic rings. The molecule has 0 radical (unpaired) electrons. The van der Waals surface area contributed by atoms with Crippen LogP contribution in [0.3, 0.4) is 0 Å². The zero-order valence-electron chi connectivity index (χ0n) is 30.9. The van der Waals surface area contributed by atoms with E-state index in [1.807, 2.05) is 0 Å². The van der Waals surface area contributed by atoms with Gasteiger partial charge in [0.1, 0.15) is 0 Å². The highest BCUT2D eigenvalue weighted by Crippen LogP contribution is 2.80. The second-order valence-electron chi connectivity index (χ2n) is 14.2. The maximum atomic E-state index is 2.42. The lowest BCUT2D eigenvalue weighted by molar-refractivity contribution is 1.28. The van der Waals surface area contributed by atoms with E-state index >= 15 is 0 Å². The van der Waals surface area contributed by atoms with E-state index in [0.29, 0.717) is 0 Å². The van der Waals surface area contributed by atoms with Crippen molar-refractivity contribution in [2.45, 2.75) is 19.6 Å². The van der Waals surface area contributed by atoms with Crippen LogP contribution in [0.25, 0.3) is 44.5 Å². The molecule has 1 nitrogen and oxygen atoms in total. The Balaban J connectivity index is 1.05. The number of rotatable bonds is 8. The smallest absolute Gasteiger partial charge is 0.0462 e. The largest absolute Gasteiger partial charge is 0.311 e. The van der Waals surface area contributed by atoms with Gasteiger partial charge in [-0.05, 0) is 123 Å². The van der Waals surface area contributed by atoms with Crippen molar-refractivity contribution in [3.63, 3.8) is 0 Å². The molecule has 1 aliphatic heterocycles. The number of fused-ring (bicyclic) bond motifs is 3. The van der Waals surface area contributed by atoms with E-state index in [2.05, 4.69) is 241 Å². The quantitative estimate of drug-likeness (QED) is 0.150. The summed E-state index contributed by atoms with van der Waals surface area (Å²) in [5, 5.41) is 0. The van der Waals surface area contributed by atoms with Gasteiger partial charge in [-0.25, -0.2) is 0 Å². The van der Waals surface area contributed by atoms with Gasteiger partial charge >= 0.3 is 0 Å². The third-order valence-electron chi connectivity index (χ3n) is 10.9. The van der Waals surface area contributed by atoms with Crippen molar-refractivity contribution in [1.29, 1.82) is 0 Å². The molecule has 266 valence electrons. The number of hydrogen-bond donors (Lipinski definition) is 0. The molecular weight excluding hydrogens is 695 g/mol. The van der Waals surface area contributed by atoms with Gasteiger partial charge in [0.25, 0.3) is 0 Å². The number of benzene rings is 9. The molecule has 56 heavy (non-hydrogen) atoms. The van der Waals surface area contributed by atoms with Gasteiger partial charge in [0.2, 0.25) is 0 Å². The minimum atomic E-state index is -1.66. The molecule has 0 aromatic heterocycles. The van der Waals surface area contributed by atoms with Crippen LogP contribution in [0.15, 0.2) is 256 Å². The molecule has 0 atom stereocenters. The Kier molecular flexibility index (Phi) is 8.67. The Hall–Kier alpha value is -6.87. The zero-order chi connectivity index (χ0) is 37.3. The summed E-state index contributed by atoms with van der Waals surface area (Å²) in [7, 11) is -1.66. The summed E-state index contributed by atoms with van der Waals surface area (Å²) < 4.78 is 0. The third kappa shape index (κ3) is 5.83. The lowest BCUT2D eigenvalue weighted by Gasteiger charge is -2.39. The first-order valence-electron chi connectivity index (χ1n) is 19.2. The maximum Gasteiger partial charge on any atom is 0.0462 e. The van der Waals surface area contributed by atoms with Crippen LogP contribution in [0.5, 0.6) is 0 Å². The van der Waals surface area contributed by atoms with Crippen molar-refractivity contribution in [2.24, 2.45) is 0 Å². The topological polar surface area (TPSA) is 3.24 Å². The highest BCUT2D eigenvalue weighted by Gasteiger charge is 2.41. The Morgan fingerprint density at radius 1 is 0.250 bits per heavy atom. The van der Waals surface area contributed by atoms with Crippen molar-refractivity contribution in [3.05, 3.63) is 237 Å². The summed E-state index contributed by atoms with van der Waals surface area (Å²) in [6.45, 7) is 0. The average Bonchev–Trinajstić information content (AvgIpc) is 3.59. The average molecular weight is 734 g/mol.